The average Bonchev–Trinajstić information content (AvgIpc) is 3.02. The monoisotopic (exact) mass is 395 g/mol. The zero-order valence-electron chi connectivity index (χ0n) is 14.5. The molecule has 0 unspecified atom stereocenters. The Morgan fingerprint density at radius 3 is 2.75 bits per heavy atom. The van der Waals surface area contributed by atoms with Crippen LogP contribution in [0.3, 0.4) is 0 Å². The lowest BCUT2D eigenvalue weighted by Gasteiger charge is -2.18. The SMILES string of the molecule is C#CCn1c(=NC(=O)c2cccc([N+](=O)[O-])c2)sc2cc3c(cc21)OCCO3. The zero-order valence-corrected chi connectivity index (χ0v) is 15.3. The zero-order chi connectivity index (χ0) is 19.7. The second-order valence-electron chi connectivity index (χ2n) is 5.86. The predicted molar refractivity (Wildman–Crippen MR) is 103 cm³/mol. The lowest BCUT2D eigenvalue weighted by molar-refractivity contribution is -0.384. The highest BCUT2D eigenvalue weighted by atomic mass is 32.1. The molecule has 1 aromatic heterocycles. The largest absolute Gasteiger partial charge is 0.486 e. The van der Waals surface area contributed by atoms with Crippen molar-refractivity contribution in [2.75, 3.05) is 13.2 Å². The minimum atomic E-state index is -0.585. The van der Waals surface area contributed by atoms with Crippen molar-refractivity contribution in [1.82, 2.24) is 4.57 Å². The minimum Gasteiger partial charge on any atom is -0.486 e. The third kappa shape index (κ3) is 3.21. The van der Waals surface area contributed by atoms with Crippen molar-refractivity contribution < 1.29 is 19.2 Å². The van der Waals surface area contributed by atoms with Crippen LogP contribution >= 0.6 is 11.3 Å². The Hall–Kier alpha value is -3.64. The topological polar surface area (TPSA) is 96.0 Å². The van der Waals surface area contributed by atoms with Crippen LogP contribution in [0.5, 0.6) is 11.5 Å². The van der Waals surface area contributed by atoms with E-state index in [1.54, 1.807) is 4.57 Å². The van der Waals surface area contributed by atoms with Gasteiger partial charge in [0.15, 0.2) is 16.3 Å². The van der Waals surface area contributed by atoms with Crippen LogP contribution in [0.2, 0.25) is 0 Å². The molecule has 1 amide bonds. The summed E-state index contributed by atoms with van der Waals surface area (Å²) < 4.78 is 13.8. The molecule has 4 rings (SSSR count). The van der Waals surface area contributed by atoms with E-state index in [0.29, 0.717) is 29.5 Å². The number of non-ortho nitro benzene ring substituents is 1. The number of benzene rings is 2. The average molecular weight is 395 g/mol. The third-order valence-corrected chi connectivity index (χ3v) is 5.14. The van der Waals surface area contributed by atoms with Crippen LogP contribution in [0.25, 0.3) is 10.2 Å². The molecule has 0 N–H and O–H groups in total. The molecule has 0 spiro atoms. The van der Waals surface area contributed by atoms with E-state index in [0.717, 1.165) is 10.2 Å². The number of aromatic nitrogens is 1. The van der Waals surface area contributed by atoms with Gasteiger partial charge in [0.1, 0.15) is 13.2 Å². The Labute approximate surface area is 162 Å². The second kappa shape index (κ2) is 7.17. The van der Waals surface area contributed by atoms with Gasteiger partial charge in [-0.05, 0) is 6.07 Å². The molecule has 3 aromatic rings. The van der Waals surface area contributed by atoms with Gasteiger partial charge in [-0.3, -0.25) is 14.9 Å². The maximum absolute atomic E-state index is 12.6. The minimum absolute atomic E-state index is 0.130. The van der Waals surface area contributed by atoms with Gasteiger partial charge in [0, 0.05) is 29.8 Å². The number of hydrogen-bond acceptors (Lipinski definition) is 6. The highest BCUT2D eigenvalue weighted by Crippen LogP contribution is 2.35. The number of amides is 1. The summed E-state index contributed by atoms with van der Waals surface area (Å²) in [5, 5.41) is 10.9. The number of nitro groups is 1. The molecule has 140 valence electrons. The Balaban J connectivity index is 1.84. The van der Waals surface area contributed by atoms with E-state index >= 15 is 0 Å². The summed E-state index contributed by atoms with van der Waals surface area (Å²) in [4.78, 5) is 27.5. The second-order valence-corrected chi connectivity index (χ2v) is 6.87. The molecule has 2 aromatic carbocycles. The smallest absolute Gasteiger partial charge is 0.279 e. The van der Waals surface area contributed by atoms with Crippen LogP contribution < -0.4 is 14.3 Å². The maximum atomic E-state index is 12.6. The number of rotatable bonds is 3. The number of nitrogens with zero attached hydrogens (tertiary/aromatic N) is 3. The molecule has 0 radical (unpaired) electrons. The molecule has 8 nitrogen and oxygen atoms in total. The first-order chi connectivity index (χ1) is 13.6. The van der Waals surface area contributed by atoms with E-state index in [1.807, 2.05) is 12.1 Å². The summed E-state index contributed by atoms with van der Waals surface area (Å²) in [6.45, 7) is 1.14. The number of ether oxygens (including phenoxy) is 2. The van der Waals surface area contributed by atoms with Crippen molar-refractivity contribution in [2.24, 2.45) is 4.99 Å². The summed E-state index contributed by atoms with van der Waals surface area (Å²) in [6, 6.07) is 9.10. The molecule has 0 saturated heterocycles. The highest BCUT2D eigenvalue weighted by molar-refractivity contribution is 7.16. The van der Waals surface area contributed by atoms with Crippen LogP contribution in [0.1, 0.15) is 10.4 Å². The van der Waals surface area contributed by atoms with Crippen molar-refractivity contribution in [3.8, 4) is 23.8 Å². The fourth-order valence-corrected chi connectivity index (χ4v) is 3.88. The van der Waals surface area contributed by atoms with Crippen LogP contribution in [0, 0.1) is 22.5 Å². The Kier molecular flexibility index (Phi) is 4.55. The van der Waals surface area contributed by atoms with Gasteiger partial charge < -0.3 is 14.0 Å². The molecule has 0 bridgehead atoms. The molecule has 0 fully saturated rings. The van der Waals surface area contributed by atoms with E-state index in [-0.39, 0.29) is 17.8 Å². The van der Waals surface area contributed by atoms with Gasteiger partial charge in [-0.25, -0.2) is 0 Å². The number of terminal acetylenes is 1. The first kappa shape index (κ1) is 17.8. The van der Waals surface area contributed by atoms with E-state index < -0.39 is 10.8 Å². The first-order valence-electron chi connectivity index (χ1n) is 8.27. The van der Waals surface area contributed by atoms with Crippen molar-refractivity contribution in [3.05, 3.63) is 56.9 Å². The standard InChI is InChI=1S/C19H13N3O5S/c1-2-6-21-14-10-15-16(27-8-7-26-15)11-17(14)28-19(21)20-18(23)12-4-3-5-13(9-12)22(24)25/h1,3-5,9-11H,6-8H2. The van der Waals surface area contributed by atoms with Crippen molar-refractivity contribution in [3.63, 3.8) is 0 Å². The summed E-state index contributed by atoms with van der Waals surface area (Å²) in [6.07, 6.45) is 5.49. The van der Waals surface area contributed by atoms with Gasteiger partial charge in [-0.2, -0.15) is 4.99 Å². The molecule has 0 saturated carbocycles. The van der Waals surface area contributed by atoms with Gasteiger partial charge >= 0.3 is 0 Å². The van der Waals surface area contributed by atoms with Crippen LogP contribution in [0.15, 0.2) is 41.4 Å². The van der Waals surface area contributed by atoms with Crippen molar-refractivity contribution >= 4 is 33.1 Å². The molecular weight excluding hydrogens is 382 g/mol. The van der Waals surface area contributed by atoms with E-state index in [2.05, 4.69) is 10.9 Å². The molecule has 0 aliphatic carbocycles. The molecular formula is C19H13N3O5S. The molecule has 1 aliphatic rings. The first-order valence-corrected chi connectivity index (χ1v) is 9.08. The molecule has 28 heavy (non-hydrogen) atoms. The summed E-state index contributed by atoms with van der Waals surface area (Å²) in [7, 11) is 0. The van der Waals surface area contributed by atoms with Crippen LogP contribution in [0.4, 0.5) is 5.69 Å². The van der Waals surface area contributed by atoms with Gasteiger partial charge in [0.05, 0.1) is 21.7 Å². The number of nitro benzene ring substituents is 1. The number of thiazole rings is 1. The summed E-state index contributed by atoms with van der Waals surface area (Å²) in [5.74, 6) is 3.21. The van der Waals surface area contributed by atoms with Crippen molar-refractivity contribution in [2.45, 2.75) is 6.54 Å². The summed E-state index contributed by atoms with van der Waals surface area (Å²) in [5.41, 5.74) is 0.735. The fraction of sp³-hybridized carbons (Fsp3) is 0.158. The van der Waals surface area contributed by atoms with E-state index in [4.69, 9.17) is 15.9 Å². The fourth-order valence-electron chi connectivity index (χ4n) is 2.84. The van der Waals surface area contributed by atoms with Gasteiger partial charge in [-0.15, -0.1) is 6.42 Å². The maximum Gasteiger partial charge on any atom is 0.279 e. The van der Waals surface area contributed by atoms with Gasteiger partial charge in [0.2, 0.25) is 0 Å². The van der Waals surface area contributed by atoms with Crippen LogP contribution in [-0.2, 0) is 6.54 Å². The molecule has 1 aliphatic heterocycles. The van der Waals surface area contributed by atoms with Crippen molar-refractivity contribution in [1.29, 1.82) is 0 Å². The molecule has 2 heterocycles. The lowest BCUT2D eigenvalue weighted by Crippen LogP contribution is -2.17. The number of hydrogen-bond donors (Lipinski definition) is 0. The van der Waals surface area contributed by atoms with E-state index in [1.165, 1.54) is 35.6 Å². The Bertz CT molecular complexity index is 1220. The third-order valence-electron chi connectivity index (χ3n) is 4.10. The normalized spacial score (nSPS) is 13.3. The quantitative estimate of drug-likeness (QED) is 0.386. The predicted octanol–water partition coefficient (Wildman–Crippen LogP) is 2.76. The number of carbonyl (C=O) groups excluding carboxylic acids is 1. The van der Waals surface area contributed by atoms with E-state index in [9.17, 15) is 14.9 Å². The summed E-state index contributed by atoms with van der Waals surface area (Å²) >= 11 is 1.28. The molecule has 9 heteroatoms. The van der Waals surface area contributed by atoms with Crippen LogP contribution in [-0.4, -0.2) is 28.6 Å². The Morgan fingerprint density at radius 1 is 1.29 bits per heavy atom. The van der Waals surface area contributed by atoms with Gasteiger partial charge in [-0.1, -0.05) is 23.3 Å². The van der Waals surface area contributed by atoms with Gasteiger partial charge in [0.25, 0.3) is 11.6 Å². The number of fused-ring (bicyclic) bond motifs is 2. The highest BCUT2D eigenvalue weighted by Gasteiger charge is 2.17. The molecule has 0 atom stereocenters. The number of carbonyl (C=O) groups is 1. The Morgan fingerprint density at radius 2 is 2.04 bits per heavy atom. The lowest BCUT2D eigenvalue weighted by atomic mass is 10.2.